The lowest BCUT2D eigenvalue weighted by Crippen LogP contribution is -2.34. The molecule has 1 aliphatic rings. The molecule has 0 saturated carbocycles. The van der Waals surface area contributed by atoms with Crippen LogP contribution in [0.1, 0.15) is 40.5 Å². The van der Waals surface area contributed by atoms with Crippen molar-refractivity contribution in [3.63, 3.8) is 0 Å². The third kappa shape index (κ3) is 7.65. The van der Waals surface area contributed by atoms with Crippen molar-refractivity contribution in [2.45, 2.75) is 58.3 Å². The molecule has 2 unspecified atom stereocenters. The van der Waals surface area contributed by atoms with Gasteiger partial charge in [-0.2, -0.15) is 0 Å². The summed E-state index contributed by atoms with van der Waals surface area (Å²) in [6.07, 6.45) is 2.48. The predicted octanol–water partition coefficient (Wildman–Crippen LogP) is 3.57. The summed E-state index contributed by atoms with van der Waals surface area (Å²) in [5.74, 6) is 0.766. The van der Waals surface area contributed by atoms with Crippen molar-refractivity contribution < 1.29 is 19.0 Å². The number of hydrogen-bond acceptors (Lipinski definition) is 5. The van der Waals surface area contributed by atoms with Gasteiger partial charge in [0.2, 0.25) is 0 Å². The van der Waals surface area contributed by atoms with E-state index in [-0.39, 0.29) is 0 Å². The summed E-state index contributed by atoms with van der Waals surface area (Å²) in [7, 11) is 0. The van der Waals surface area contributed by atoms with E-state index in [1.165, 1.54) is 0 Å². The van der Waals surface area contributed by atoms with Gasteiger partial charge < -0.3 is 24.8 Å². The first kappa shape index (κ1) is 19.4. The van der Waals surface area contributed by atoms with Gasteiger partial charge in [-0.15, -0.1) is 0 Å². The van der Waals surface area contributed by atoms with Gasteiger partial charge in [-0.05, 0) is 64.8 Å². The zero-order chi connectivity index (χ0) is 18.3. The highest BCUT2D eigenvalue weighted by Crippen LogP contribution is 2.20. The molecule has 2 atom stereocenters. The highest BCUT2D eigenvalue weighted by molar-refractivity contribution is 5.67. The molecule has 1 aromatic carbocycles. The van der Waals surface area contributed by atoms with Crippen LogP contribution in [0.25, 0.3) is 0 Å². The fourth-order valence-corrected chi connectivity index (χ4v) is 2.57. The number of alkyl carbamates (subject to hydrolysis) is 1. The molecule has 6 nitrogen and oxygen atoms in total. The molecule has 1 fully saturated rings. The lowest BCUT2D eigenvalue weighted by molar-refractivity contribution is 0.0520. The minimum atomic E-state index is -0.491. The Hall–Kier alpha value is -1.95. The number of anilines is 1. The molecule has 140 valence electrons. The summed E-state index contributed by atoms with van der Waals surface area (Å²) in [5, 5.41) is 6.05. The van der Waals surface area contributed by atoms with E-state index in [2.05, 4.69) is 17.6 Å². The zero-order valence-electron chi connectivity index (χ0n) is 15.6. The Balaban J connectivity index is 1.62. The first-order valence-electron chi connectivity index (χ1n) is 8.91. The van der Waals surface area contributed by atoms with Crippen LogP contribution in [-0.2, 0) is 9.47 Å². The van der Waals surface area contributed by atoms with Gasteiger partial charge in [0.15, 0.2) is 0 Å². The maximum Gasteiger partial charge on any atom is 0.407 e. The van der Waals surface area contributed by atoms with Crippen molar-refractivity contribution in [2.24, 2.45) is 0 Å². The summed E-state index contributed by atoms with van der Waals surface area (Å²) in [5.41, 5.74) is 0.553. The van der Waals surface area contributed by atoms with Crippen LogP contribution in [0.4, 0.5) is 10.5 Å². The molecule has 0 aromatic heterocycles. The van der Waals surface area contributed by atoms with Gasteiger partial charge in [-0.25, -0.2) is 4.79 Å². The van der Waals surface area contributed by atoms with Gasteiger partial charge in [0.25, 0.3) is 0 Å². The second-order valence-corrected chi connectivity index (χ2v) is 7.33. The Labute approximate surface area is 150 Å². The molecule has 0 bridgehead atoms. The summed E-state index contributed by atoms with van der Waals surface area (Å²) < 4.78 is 16.6. The third-order valence-electron chi connectivity index (χ3n) is 3.75. The van der Waals surface area contributed by atoms with E-state index in [0.29, 0.717) is 25.4 Å². The minimum absolute atomic E-state index is 0.296. The van der Waals surface area contributed by atoms with E-state index in [1.54, 1.807) is 0 Å². The van der Waals surface area contributed by atoms with Gasteiger partial charge in [0, 0.05) is 12.2 Å². The second-order valence-electron chi connectivity index (χ2n) is 7.33. The van der Waals surface area contributed by atoms with E-state index in [0.717, 1.165) is 30.8 Å². The van der Waals surface area contributed by atoms with Crippen LogP contribution in [0, 0.1) is 0 Å². The zero-order valence-corrected chi connectivity index (χ0v) is 15.6. The van der Waals surface area contributed by atoms with E-state index >= 15 is 0 Å². The maximum atomic E-state index is 11.5. The Morgan fingerprint density at radius 1 is 1.24 bits per heavy atom. The standard InChI is InChI=1S/C19H30N2O4/c1-14-5-8-17(24-14)13-21-15-6-9-16(10-7-15)23-12-11-20-18(22)25-19(2,3)4/h6-7,9-10,14,17,21H,5,8,11-13H2,1-4H3,(H,20,22). The van der Waals surface area contributed by atoms with Crippen molar-refractivity contribution in [2.75, 3.05) is 25.0 Å². The molecule has 0 radical (unpaired) electrons. The predicted molar refractivity (Wildman–Crippen MR) is 98.2 cm³/mol. The summed E-state index contributed by atoms with van der Waals surface area (Å²) in [4.78, 5) is 11.5. The molecule has 6 heteroatoms. The van der Waals surface area contributed by atoms with E-state index in [9.17, 15) is 4.79 Å². The van der Waals surface area contributed by atoms with Crippen LogP contribution < -0.4 is 15.4 Å². The van der Waals surface area contributed by atoms with Crippen LogP contribution in [-0.4, -0.2) is 43.6 Å². The smallest absolute Gasteiger partial charge is 0.407 e. The van der Waals surface area contributed by atoms with E-state index < -0.39 is 11.7 Å². The van der Waals surface area contributed by atoms with Crippen molar-refractivity contribution in [1.82, 2.24) is 5.32 Å². The average Bonchev–Trinajstić information content (AvgIpc) is 2.94. The molecule has 0 aliphatic carbocycles. The Bertz CT molecular complexity index is 539. The van der Waals surface area contributed by atoms with Crippen LogP contribution in [0.5, 0.6) is 5.75 Å². The Morgan fingerprint density at radius 3 is 2.56 bits per heavy atom. The molecule has 0 spiro atoms. The molecule has 1 heterocycles. The molecular weight excluding hydrogens is 320 g/mol. The molecule has 25 heavy (non-hydrogen) atoms. The molecule has 1 amide bonds. The molecule has 2 N–H and O–H groups in total. The van der Waals surface area contributed by atoms with Crippen molar-refractivity contribution in [3.8, 4) is 5.75 Å². The number of benzene rings is 1. The SMILES string of the molecule is CC1CCC(CNc2ccc(OCCNC(=O)OC(C)(C)C)cc2)O1. The van der Waals surface area contributed by atoms with Crippen LogP contribution in [0.15, 0.2) is 24.3 Å². The van der Waals surface area contributed by atoms with Crippen molar-refractivity contribution >= 4 is 11.8 Å². The quantitative estimate of drug-likeness (QED) is 0.736. The maximum absolute atomic E-state index is 11.5. The monoisotopic (exact) mass is 350 g/mol. The van der Waals surface area contributed by atoms with Crippen molar-refractivity contribution in [3.05, 3.63) is 24.3 Å². The van der Waals surface area contributed by atoms with Crippen molar-refractivity contribution in [1.29, 1.82) is 0 Å². The molecule has 1 saturated heterocycles. The molecular formula is C19H30N2O4. The van der Waals surface area contributed by atoms with E-state index in [1.807, 2.05) is 45.0 Å². The lowest BCUT2D eigenvalue weighted by Gasteiger charge is -2.19. The fourth-order valence-electron chi connectivity index (χ4n) is 2.57. The summed E-state index contributed by atoms with van der Waals surface area (Å²) in [6.45, 7) is 9.22. The first-order chi connectivity index (χ1) is 11.8. The minimum Gasteiger partial charge on any atom is -0.492 e. The molecule has 1 aliphatic heterocycles. The topological polar surface area (TPSA) is 68.8 Å². The number of carbonyl (C=O) groups excluding carboxylic acids is 1. The number of nitrogens with one attached hydrogen (secondary N) is 2. The molecule has 2 rings (SSSR count). The van der Waals surface area contributed by atoms with E-state index in [4.69, 9.17) is 14.2 Å². The largest absolute Gasteiger partial charge is 0.492 e. The highest BCUT2D eigenvalue weighted by Gasteiger charge is 2.21. The van der Waals surface area contributed by atoms with Gasteiger partial charge >= 0.3 is 6.09 Å². The number of amides is 1. The van der Waals surface area contributed by atoms with Crippen LogP contribution in [0.2, 0.25) is 0 Å². The van der Waals surface area contributed by atoms with Gasteiger partial charge in [-0.3, -0.25) is 0 Å². The lowest BCUT2D eigenvalue weighted by atomic mass is 10.2. The van der Waals surface area contributed by atoms with Gasteiger partial charge in [0.1, 0.15) is 18.0 Å². The Morgan fingerprint density at radius 2 is 1.96 bits per heavy atom. The second kappa shape index (κ2) is 8.94. The van der Waals surface area contributed by atoms with Gasteiger partial charge in [-0.1, -0.05) is 0 Å². The first-order valence-corrected chi connectivity index (χ1v) is 8.91. The molecule has 1 aromatic rings. The highest BCUT2D eigenvalue weighted by atomic mass is 16.6. The van der Waals surface area contributed by atoms with Gasteiger partial charge in [0.05, 0.1) is 18.8 Å². The average molecular weight is 350 g/mol. The normalized spacial score (nSPS) is 20.2. The number of ether oxygens (including phenoxy) is 3. The fraction of sp³-hybridized carbons (Fsp3) is 0.632. The number of rotatable bonds is 7. The summed E-state index contributed by atoms with van der Waals surface area (Å²) in [6, 6.07) is 7.78. The Kier molecular flexibility index (Phi) is 6.93. The third-order valence-corrected chi connectivity index (χ3v) is 3.75. The number of carbonyl (C=O) groups is 1. The number of hydrogen-bond donors (Lipinski definition) is 2. The summed E-state index contributed by atoms with van der Waals surface area (Å²) >= 11 is 0. The van der Waals surface area contributed by atoms with Crippen LogP contribution in [0.3, 0.4) is 0 Å². The van der Waals surface area contributed by atoms with Crippen LogP contribution >= 0.6 is 0 Å².